The molecule has 0 amide bonds. The number of benzene rings is 2. The molecule has 0 radical (unpaired) electrons. The molecular formula is C17H20FNO2. The van der Waals surface area contributed by atoms with Crippen LogP contribution in [0.4, 0.5) is 4.39 Å². The van der Waals surface area contributed by atoms with Gasteiger partial charge in [0.25, 0.3) is 0 Å². The van der Waals surface area contributed by atoms with Crippen molar-refractivity contribution in [3.05, 3.63) is 58.9 Å². The lowest BCUT2D eigenvalue weighted by Crippen LogP contribution is -2.20. The average molecular weight is 289 g/mol. The standard InChI is InChI=1S/C17H20FNO2/c1-11-8-9-12(13(18)10-11)17(19-2)16-14(20-3)6-5-7-15(16)21-4/h5-10,17,19H,1-4H3. The normalized spacial score (nSPS) is 12.0. The first-order valence-corrected chi connectivity index (χ1v) is 6.76. The summed E-state index contributed by atoms with van der Waals surface area (Å²) < 4.78 is 25.1. The molecular weight excluding hydrogens is 269 g/mol. The van der Waals surface area contributed by atoms with E-state index in [4.69, 9.17) is 9.47 Å². The lowest BCUT2D eigenvalue weighted by Gasteiger charge is -2.23. The molecule has 0 bridgehead atoms. The second kappa shape index (κ2) is 6.59. The fourth-order valence-electron chi connectivity index (χ4n) is 2.49. The lowest BCUT2D eigenvalue weighted by atomic mass is 9.95. The van der Waals surface area contributed by atoms with Gasteiger partial charge in [-0.15, -0.1) is 0 Å². The van der Waals surface area contributed by atoms with Crippen molar-refractivity contribution in [3.63, 3.8) is 0 Å². The number of hydrogen-bond donors (Lipinski definition) is 1. The minimum atomic E-state index is -0.350. The highest BCUT2D eigenvalue weighted by molar-refractivity contribution is 5.51. The molecule has 4 heteroatoms. The molecule has 0 heterocycles. The maximum absolute atomic E-state index is 14.3. The summed E-state index contributed by atoms with van der Waals surface area (Å²) in [6, 6.07) is 10.4. The number of ether oxygens (including phenoxy) is 2. The Hall–Kier alpha value is -2.07. The van der Waals surface area contributed by atoms with Crippen molar-refractivity contribution >= 4 is 0 Å². The van der Waals surface area contributed by atoms with Crippen LogP contribution in [-0.4, -0.2) is 21.3 Å². The van der Waals surface area contributed by atoms with Crippen LogP contribution in [0.1, 0.15) is 22.7 Å². The highest BCUT2D eigenvalue weighted by Crippen LogP contribution is 2.37. The van der Waals surface area contributed by atoms with Gasteiger partial charge in [-0.05, 0) is 37.7 Å². The predicted molar refractivity (Wildman–Crippen MR) is 81.6 cm³/mol. The van der Waals surface area contributed by atoms with Crippen molar-refractivity contribution in [2.75, 3.05) is 21.3 Å². The molecule has 1 N–H and O–H groups in total. The van der Waals surface area contributed by atoms with Crippen molar-refractivity contribution in [3.8, 4) is 11.5 Å². The molecule has 0 aromatic heterocycles. The predicted octanol–water partition coefficient (Wildman–Crippen LogP) is 3.46. The van der Waals surface area contributed by atoms with Gasteiger partial charge in [0.15, 0.2) is 0 Å². The zero-order valence-corrected chi connectivity index (χ0v) is 12.7. The Morgan fingerprint density at radius 1 is 1.05 bits per heavy atom. The van der Waals surface area contributed by atoms with Crippen molar-refractivity contribution in [1.82, 2.24) is 5.32 Å². The smallest absolute Gasteiger partial charge is 0.128 e. The molecule has 2 aromatic carbocycles. The van der Waals surface area contributed by atoms with Crippen LogP contribution in [0, 0.1) is 12.7 Å². The second-order valence-corrected chi connectivity index (χ2v) is 4.82. The number of nitrogens with one attached hydrogen (secondary N) is 1. The lowest BCUT2D eigenvalue weighted by molar-refractivity contribution is 0.377. The maximum Gasteiger partial charge on any atom is 0.128 e. The largest absolute Gasteiger partial charge is 0.496 e. The van der Waals surface area contributed by atoms with E-state index in [1.165, 1.54) is 6.07 Å². The Labute approximate surface area is 124 Å². The summed E-state index contributed by atoms with van der Waals surface area (Å²) in [5.41, 5.74) is 2.23. The van der Waals surface area contributed by atoms with E-state index in [2.05, 4.69) is 5.32 Å². The van der Waals surface area contributed by atoms with Crippen LogP contribution in [0.15, 0.2) is 36.4 Å². The third-order valence-electron chi connectivity index (χ3n) is 3.51. The molecule has 3 nitrogen and oxygen atoms in total. The van der Waals surface area contributed by atoms with E-state index in [1.807, 2.05) is 31.2 Å². The average Bonchev–Trinajstić information content (AvgIpc) is 2.49. The highest BCUT2D eigenvalue weighted by Gasteiger charge is 2.23. The van der Waals surface area contributed by atoms with Gasteiger partial charge in [0.05, 0.1) is 25.8 Å². The quantitative estimate of drug-likeness (QED) is 0.914. The van der Waals surface area contributed by atoms with Gasteiger partial charge in [0.1, 0.15) is 17.3 Å². The molecule has 0 fully saturated rings. The van der Waals surface area contributed by atoms with E-state index in [9.17, 15) is 4.39 Å². The van der Waals surface area contributed by atoms with Crippen LogP contribution in [0.2, 0.25) is 0 Å². The topological polar surface area (TPSA) is 30.5 Å². The SMILES string of the molecule is CNC(c1ccc(C)cc1F)c1c(OC)cccc1OC. The summed E-state index contributed by atoms with van der Waals surface area (Å²) in [5, 5.41) is 3.14. The molecule has 1 unspecified atom stereocenters. The van der Waals surface area contributed by atoms with Gasteiger partial charge in [-0.3, -0.25) is 0 Å². The van der Waals surface area contributed by atoms with Crippen LogP contribution in [0.5, 0.6) is 11.5 Å². The van der Waals surface area contributed by atoms with Crippen LogP contribution >= 0.6 is 0 Å². The third kappa shape index (κ3) is 3.00. The van der Waals surface area contributed by atoms with Crippen LogP contribution in [0.25, 0.3) is 0 Å². The molecule has 0 spiro atoms. The van der Waals surface area contributed by atoms with Crippen molar-refractivity contribution in [2.45, 2.75) is 13.0 Å². The summed E-state index contributed by atoms with van der Waals surface area (Å²) in [6.07, 6.45) is 0. The van der Waals surface area contributed by atoms with E-state index in [0.29, 0.717) is 17.1 Å². The zero-order valence-electron chi connectivity index (χ0n) is 12.7. The number of halogens is 1. The molecule has 1 atom stereocenters. The fraction of sp³-hybridized carbons (Fsp3) is 0.294. The van der Waals surface area contributed by atoms with Gasteiger partial charge in [-0.2, -0.15) is 0 Å². The Kier molecular flexibility index (Phi) is 4.81. The van der Waals surface area contributed by atoms with E-state index >= 15 is 0 Å². The van der Waals surface area contributed by atoms with Gasteiger partial charge in [0, 0.05) is 5.56 Å². The highest BCUT2D eigenvalue weighted by atomic mass is 19.1. The first-order chi connectivity index (χ1) is 10.1. The Morgan fingerprint density at radius 2 is 1.67 bits per heavy atom. The first-order valence-electron chi connectivity index (χ1n) is 6.76. The van der Waals surface area contributed by atoms with Gasteiger partial charge in [-0.1, -0.05) is 18.2 Å². The zero-order chi connectivity index (χ0) is 15.4. The summed E-state index contributed by atoms with van der Waals surface area (Å²) >= 11 is 0. The van der Waals surface area contributed by atoms with E-state index < -0.39 is 0 Å². The summed E-state index contributed by atoms with van der Waals surface area (Å²) in [6.45, 7) is 1.87. The van der Waals surface area contributed by atoms with Crippen LogP contribution < -0.4 is 14.8 Å². The van der Waals surface area contributed by atoms with Gasteiger partial charge in [-0.25, -0.2) is 4.39 Å². The summed E-state index contributed by atoms with van der Waals surface area (Å²) in [7, 11) is 4.98. The number of aryl methyl sites for hydroxylation is 1. The summed E-state index contributed by atoms with van der Waals surface area (Å²) in [5.74, 6) is 1.07. The second-order valence-electron chi connectivity index (χ2n) is 4.82. The fourth-order valence-corrected chi connectivity index (χ4v) is 2.49. The van der Waals surface area contributed by atoms with Crippen molar-refractivity contribution < 1.29 is 13.9 Å². The monoisotopic (exact) mass is 289 g/mol. The molecule has 21 heavy (non-hydrogen) atoms. The van der Waals surface area contributed by atoms with E-state index in [0.717, 1.165) is 11.1 Å². The molecule has 0 aliphatic carbocycles. The molecule has 0 saturated heterocycles. The van der Waals surface area contributed by atoms with E-state index in [-0.39, 0.29) is 11.9 Å². The van der Waals surface area contributed by atoms with Crippen LogP contribution in [0.3, 0.4) is 0 Å². The Bertz CT molecular complexity index is 606. The van der Waals surface area contributed by atoms with Gasteiger partial charge in [0.2, 0.25) is 0 Å². The van der Waals surface area contributed by atoms with Crippen molar-refractivity contribution in [2.24, 2.45) is 0 Å². The summed E-state index contributed by atoms with van der Waals surface area (Å²) in [4.78, 5) is 0. The molecule has 0 aliphatic heterocycles. The molecule has 2 aromatic rings. The Balaban J connectivity index is 2.61. The minimum Gasteiger partial charge on any atom is -0.496 e. The number of hydrogen-bond acceptors (Lipinski definition) is 3. The molecule has 2 rings (SSSR count). The first kappa shape index (κ1) is 15.3. The van der Waals surface area contributed by atoms with Gasteiger partial charge < -0.3 is 14.8 Å². The Morgan fingerprint density at radius 3 is 2.14 bits per heavy atom. The molecule has 112 valence electrons. The van der Waals surface area contributed by atoms with E-state index in [1.54, 1.807) is 27.3 Å². The van der Waals surface area contributed by atoms with Crippen LogP contribution in [-0.2, 0) is 0 Å². The van der Waals surface area contributed by atoms with Gasteiger partial charge >= 0.3 is 0 Å². The van der Waals surface area contributed by atoms with Crippen molar-refractivity contribution in [1.29, 1.82) is 0 Å². The molecule has 0 saturated carbocycles. The molecule has 0 aliphatic rings. The maximum atomic E-state index is 14.3. The number of methoxy groups -OCH3 is 2. The minimum absolute atomic E-state index is 0.248. The number of rotatable bonds is 5. The third-order valence-corrected chi connectivity index (χ3v) is 3.51.